The fourth-order valence-corrected chi connectivity index (χ4v) is 2.00. The zero-order valence-corrected chi connectivity index (χ0v) is 14.6. The summed E-state index contributed by atoms with van der Waals surface area (Å²) < 4.78 is 0. The molecule has 0 aliphatic rings. The molecule has 0 fully saturated rings. The second kappa shape index (κ2) is 10.9. The van der Waals surface area contributed by atoms with Crippen molar-refractivity contribution < 1.29 is 29.4 Å². The molecule has 4 unspecified atom stereocenters. The Morgan fingerprint density at radius 1 is 1.12 bits per heavy atom. The zero-order chi connectivity index (χ0) is 18.9. The van der Waals surface area contributed by atoms with Crippen molar-refractivity contribution in [3.8, 4) is 0 Å². The van der Waals surface area contributed by atoms with Crippen LogP contribution in [0.5, 0.6) is 0 Å². The van der Waals surface area contributed by atoms with E-state index >= 15 is 0 Å². The fraction of sp³-hybridized carbons (Fsp3) is 0.714. The first kappa shape index (κ1) is 22.2. The van der Waals surface area contributed by atoms with Crippen molar-refractivity contribution in [3.63, 3.8) is 0 Å². The van der Waals surface area contributed by atoms with Crippen LogP contribution in [0.3, 0.4) is 0 Å². The summed E-state index contributed by atoms with van der Waals surface area (Å²) in [6, 6.07) is -3.28. The minimum Gasteiger partial charge on any atom is -0.481 e. The van der Waals surface area contributed by atoms with Gasteiger partial charge in [0.15, 0.2) is 0 Å². The number of rotatable bonds is 11. The van der Waals surface area contributed by atoms with Crippen LogP contribution in [0.1, 0.15) is 33.1 Å². The first-order valence-corrected chi connectivity index (χ1v) is 8.19. The number of carboxylic acid groups (broad SMARTS) is 2. The Hall–Kier alpha value is -1.81. The predicted octanol–water partition coefficient (Wildman–Crippen LogP) is -0.791. The van der Waals surface area contributed by atoms with Gasteiger partial charge in [-0.05, 0) is 12.3 Å². The molecule has 0 aromatic heterocycles. The van der Waals surface area contributed by atoms with Crippen LogP contribution in [-0.4, -0.2) is 57.8 Å². The number of carbonyl (C=O) groups is 4. The van der Waals surface area contributed by atoms with E-state index in [1.807, 2.05) is 0 Å². The van der Waals surface area contributed by atoms with Gasteiger partial charge >= 0.3 is 11.9 Å². The average molecular weight is 363 g/mol. The van der Waals surface area contributed by atoms with Gasteiger partial charge in [-0.2, -0.15) is 12.6 Å². The van der Waals surface area contributed by atoms with Gasteiger partial charge in [-0.3, -0.25) is 14.4 Å². The molecule has 0 bridgehead atoms. The second-order valence-electron chi connectivity index (χ2n) is 5.49. The summed E-state index contributed by atoms with van der Waals surface area (Å²) in [5.74, 6) is -4.05. The normalized spacial score (nSPS) is 15.7. The van der Waals surface area contributed by atoms with Crippen molar-refractivity contribution in [2.24, 2.45) is 11.7 Å². The molecule has 0 radical (unpaired) electrons. The SMILES string of the molecule is CCC(C)C(NC(=O)C(CCC(=O)O)NC(=O)C(N)CS)C(=O)O. The quantitative estimate of drug-likeness (QED) is 0.262. The maximum Gasteiger partial charge on any atom is 0.326 e. The van der Waals surface area contributed by atoms with E-state index in [0.29, 0.717) is 6.42 Å². The third-order valence-corrected chi connectivity index (χ3v) is 3.98. The average Bonchev–Trinajstić information content (AvgIpc) is 2.53. The highest BCUT2D eigenvalue weighted by molar-refractivity contribution is 7.80. The smallest absolute Gasteiger partial charge is 0.326 e. The lowest BCUT2D eigenvalue weighted by atomic mass is 9.98. The van der Waals surface area contributed by atoms with Crippen LogP contribution >= 0.6 is 12.6 Å². The van der Waals surface area contributed by atoms with Gasteiger partial charge in [-0.25, -0.2) is 4.79 Å². The minimum absolute atomic E-state index is 0.0454. The van der Waals surface area contributed by atoms with Crippen molar-refractivity contribution in [3.05, 3.63) is 0 Å². The number of amides is 2. The lowest BCUT2D eigenvalue weighted by molar-refractivity contribution is -0.144. The molecule has 0 aromatic rings. The standard InChI is InChI=1S/C14H25N3O6S/c1-3-7(2)11(14(22)23)17-13(21)9(4-5-10(18)19)16-12(20)8(15)6-24/h7-9,11,24H,3-6,15H2,1-2H3,(H,16,20)(H,17,21)(H,18,19)(H,22,23). The van der Waals surface area contributed by atoms with Crippen LogP contribution in [0.2, 0.25) is 0 Å². The van der Waals surface area contributed by atoms with Gasteiger partial charge in [0.2, 0.25) is 11.8 Å². The molecule has 0 aromatic carbocycles. The molecule has 0 spiro atoms. The van der Waals surface area contributed by atoms with E-state index in [1.165, 1.54) is 0 Å². The maximum atomic E-state index is 12.3. The van der Waals surface area contributed by atoms with Gasteiger partial charge in [0.05, 0.1) is 6.04 Å². The van der Waals surface area contributed by atoms with E-state index in [4.69, 9.17) is 10.8 Å². The molecule has 4 atom stereocenters. The van der Waals surface area contributed by atoms with E-state index in [1.54, 1.807) is 13.8 Å². The van der Waals surface area contributed by atoms with E-state index in [0.717, 1.165) is 0 Å². The van der Waals surface area contributed by atoms with E-state index in [-0.39, 0.29) is 24.5 Å². The Bertz CT molecular complexity index is 473. The van der Waals surface area contributed by atoms with Crippen molar-refractivity contribution >= 4 is 36.4 Å². The van der Waals surface area contributed by atoms with Crippen molar-refractivity contribution in [2.75, 3.05) is 5.75 Å². The Morgan fingerprint density at radius 3 is 2.12 bits per heavy atom. The molecule has 0 saturated heterocycles. The summed E-state index contributed by atoms with van der Waals surface area (Å²) in [7, 11) is 0. The molecule has 2 amide bonds. The Morgan fingerprint density at radius 2 is 1.71 bits per heavy atom. The Balaban J connectivity index is 5.09. The molecule has 6 N–H and O–H groups in total. The molecule has 0 heterocycles. The van der Waals surface area contributed by atoms with Crippen LogP contribution in [0.15, 0.2) is 0 Å². The highest BCUT2D eigenvalue weighted by Crippen LogP contribution is 2.09. The lowest BCUT2D eigenvalue weighted by Gasteiger charge is -2.24. The van der Waals surface area contributed by atoms with Gasteiger partial charge in [0.1, 0.15) is 12.1 Å². The largest absolute Gasteiger partial charge is 0.481 e. The summed E-state index contributed by atoms with van der Waals surface area (Å²) in [6.45, 7) is 3.45. The second-order valence-corrected chi connectivity index (χ2v) is 5.86. The highest BCUT2D eigenvalue weighted by atomic mass is 32.1. The fourth-order valence-electron chi connectivity index (χ4n) is 1.84. The maximum absolute atomic E-state index is 12.3. The van der Waals surface area contributed by atoms with Crippen LogP contribution in [0, 0.1) is 5.92 Å². The summed E-state index contributed by atoms with van der Waals surface area (Å²) in [4.78, 5) is 46.1. The van der Waals surface area contributed by atoms with Crippen molar-refractivity contribution in [2.45, 2.75) is 51.2 Å². The molecule has 0 saturated carbocycles. The van der Waals surface area contributed by atoms with Gasteiger partial charge in [-0.15, -0.1) is 0 Å². The van der Waals surface area contributed by atoms with E-state index in [2.05, 4.69) is 23.3 Å². The molecule has 0 rings (SSSR count). The Kier molecular flexibility index (Phi) is 10.0. The molecule has 138 valence electrons. The van der Waals surface area contributed by atoms with Gasteiger partial charge in [0, 0.05) is 12.2 Å². The van der Waals surface area contributed by atoms with Gasteiger partial charge in [0.25, 0.3) is 0 Å². The Labute approximate surface area is 145 Å². The van der Waals surface area contributed by atoms with Crippen LogP contribution in [0.25, 0.3) is 0 Å². The minimum atomic E-state index is -1.20. The summed E-state index contributed by atoms with van der Waals surface area (Å²) >= 11 is 3.88. The number of nitrogens with one attached hydrogen (secondary N) is 2. The van der Waals surface area contributed by atoms with Gasteiger partial charge < -0.3 is 26.6 Å². The monoisotopic (exact) mass is 363 g/mol. The zero-order valence-electron chi connectivity index (χ0n) is 13.7. The number of thiol groups is 1. The molecular formula is C14H25N3O6S. The number of nitrogens with two attached hydrogens (primary N) is 1. The predicted molar refractivity (Wildman–Crippen MR) is 89.7 cm³/mol. The summed E-state index contributed by atoms with van der Waals surface area (Å²) in [5.41, 5.74) is 5.51. The topological polar surface area (TPSA) is 159 Å². The van der Waals surface area contributed by atoms with Crippen LogP contribution in [-0.2, 0) is 19.2 Å². The van der Waals surface area contributed by atoms with Crippen LogP contribution < -0.4 is 16.4 Å². The summed E-state index contributed by atoms with van der Waals surface area (Å²) in [5, 5.41) is 22.7. The first-order valence-electron chi connectivity index (χ1n) is 7.55. The number of hydrogen-bond donors (Lipinski definition) is 6. The van der Waals surface area contributed by atoms with E-state index in [9.17, 15) is 24.3 Å². The lowest BCUT2D eigenvalue weighted by Crippen LogP contribution is -2.56. The van der Waals surface area contributed by atoms with Gasteiger partial charge in [-0.1, -0.05) is 20.3 Å². The molecule has 0 aliphatic carbocycles. The molecule has 10 heteroatoms. The molecule has 0 aliphatic heterocycles. The third-order valence-electron chi connectivity index (χ3n) is 3.59. The highest BCUT2D eigenvalue weighted by Gasteiger charge is 2.30. The molecule has 9 nitrogen and oxygen atoms in total. The van der Waals surface area contributed by atoms with Crippen molar-refractivity contribution in [1.29, 1.82) is 0 Å². The van der Waals surface area contributed by atoms with Crippen molar-refractivity contribution in [1.82, 2.24) is 10.6 Å². The first-order chi connectivity index (χ1) is 11.1. The molecular weight excluding hydrogens is 338 g/mol. The number of carbonyl (C=O) groups excluding carboxylic acids is 2. The van der Waals surface area contributed by atoms with Crippen LogP contribution in [0.4, 0.5) is 0 Å². The number of hydrogen-bond acceptors (Lipinski definition) is 6. The third kappa shape index (κ3) is 7.64. The molecule has 24 heavy (non-hydrogen) atoms. The number of carboxylic acids is 2. The summed E-state index contributed by atoms with van der Waals surface area (Å²) in [6.07, 6.45) is -0.0253. The number of aliphatic carboxylic acids is 2. The van der Waals surface area contributed by atoms with E-state index < -0.39 is 41.9 Å².